The Labute approximate surface area is 156 Å². The highest BCUT2D eigenvalue weighted by molar-refractivity contribution is 7.20. The Morgan fingerprint density at radius 1 is 1.08 bits per heavy atom. The average molecular weight is 366 g/mol. The zero-order chi connectivity index (χ0) is 17.9. The van der Waals surface area contributed by atoms with Crippen LogP contribution in [0.25, 0.3) is 21.2 Å². The van der Waals surface area contributed by atoms with Crippen molar-refractivity contribution in [1.29, 1.82) is 0 Å². The summed E-state index contributed by atoms with van der Waals surface area (Å²) in [5.74, 6) is 0.866. The molecule has 0 saturated carbocycles. The number of phenolic OH excluding ortho intramolecular Hbond substituents is 1. The number of aromatic hydroxyl groups is 1. The predicted octanol–water partition coefficient (Wildman–Crippen LogP) is 4.00. The maximum absolute atomic E-state index is 12.5. The monoisotopic (exact) mass is 366 g/mol. The molecule has 0 radical (unpaired) electrons. The molecule has 0 bridgehead atoms. The molecule has 0 aliphatic carbocycles. The van der Waals surface area contributed by atoms with Gasteiger partial charge in [0.25, 0.3) is 5.91 Å². The average Bonchev–Trinajstić information content (AvgIpc) is 3.11. The lowest BCUT2D eigenvalue weighted by Gasteiger charge is -2.22. The molecular formula is C21H22N2O2S. The molecule has 1 saturated heterocycles. The Kier molecular flexibility index (Phi) is 4.91. The summed E-state index contributed by atoms with van der Waals surface area (Å²) < 4.78 is 1.10. The SMILES string of the molecule is O=C(NCC1CCNCC1)c1cc2ccc(-c3ccc(O)cc3)cc2s1. The standard InChI is InChI=1S/C21H22N2O2S/c24-18-5-3-15(4-6-18)16-1-2-17-12-20(26-19(17)11-16)21(25)23-13-14-7-9-22-10-8-14/h1-6,11-12,14,22,24H,7-10,13H2,(H,23,25). The summed E-state index contributed by atoms with van der Waals surface area (Å²) in [6, 6.07) is 15.4. The number of hydrogen-bond donors (Lipinski definition) is 3. The zero-order valence-electron chi connectivity index (χ0n) is 14.5. The van der Waals surface area contributed by atoms with Gasteiger partial charge in [0, 0.05) is 11.2 Å². The Hall–Kier alpha value is -2.37. The second-order valence-corrected chi connectivity index (χ2v) is 7.90. The van der Waals surface area contributed by atoms with Crippen LogP contribution < -0.4 is 10.6 Å². The summed E-state index contributed by atoms with van der Waals surface area (Å²) in [7, 11) is 0. The van der Waals surface area contributed by atoms with Gasteiger partial charge in [-0.05, 0) is 72.6 Å². The Morgan fingerprint density at radius 2 is 1.81 bits per heavy atom. The van der Waals surface area contributed by atoms with E-state index in [1.54, 1.807) is 12.1 Å². The number of fused-ring (bicyclic) bond motifs is 1. The van der Waals surface area contributed by atoms with Crippen LogP contribution in [0.4, 0.5) is 0 Å². The van der Waals surface area contributed by atoms with Gasteiger partial charge in [-0.15, -0.1) is 11.3 Å². The Morgan fingerprint density at radius 3 is 2.58 bits per heavy atom. The Bertz CT molecular complexity index is 911. The van der Waals surface area contributed by atoms with Crippen LogP contribution in [0, 0.1) is 5.92 Å². The van der Waals surface area contributed by atoms with E-state index >= 15 is 0 Å². The quantitative estimate of drug-likeness (QED) is 0.654. The number of nitrogens with one attached hydrogen (secondary N) is 2. The lowest BCUT2D eigenvalue weighted by Crippen LogP contribution is -2.35. The van der Waals surface area contributed by atoms with Crippen LogP contribution in [0.2, 0.25) is 0 Å². The van der Waals surface area contributed by atoms with Gasteiger partial charge >= 0.3 is 0 Å². The van der Waals surface area contributed by atoms with Crippen molar-refractivity contribution in [2.75, 3.05) is 19.6 Å². The van der Waals surface area contributed by atoms with Crippen molar-refractivity contribution in [2.45, 2.75) is 12.8 Å². The van der Waals surface area contributed by atoms with Crippen molar-refractivity contribution in [2.24, 2.45) is 5.92 Å². The third-order valence-corrected chi connectivity index (χ3v) is 6.05. The van der Waals surface area contributed by atoms with Crippen molar-refractivity contribution >= 4 is 27.3 Å². The number of thiophene rings is 1. The van der Waals surface area contributed by atoms with Crippen LogP contribution in [0.15, 0.2) is 48.5 Å². The van der Waals surface area contributed by atoms with E-state index in [1.807, 2.05) is 18.2 Å². The summed E-state index contributed by atoms with van der Waals surface area (Å²) in [4.78, 5) is 13.3. The highest BCUT2D eigenvalue weighted by Gasteiger charge is 2.16. The van der Waals surface area contributed by atoms with Crippen LogP contribution in [0.1, 0.15) is 22.5 Å². The summed E-state index contributed by atoms with van der Waals surface area (Å²) in [6.07, 6.45) is 2.26. The summed E-state index contributed by atoms with van der Waals surface area (Å²) in [5.41, 5.74) is 2.14. The summed E-state index contributed by atoms with van der Waals surface area (Å²) in [5, 5.41) is 17.0. The second-order valence-electron chi connectivity index (χ2n) is 6.81. The molecule has 3 aromatic rings. The third kappa shape index (κ3) is 3.74. The molecule has 2 aromatic carbocycles. The zero-order valence-corrected chi connectivity index (χ0v) is 15.3. The number of benzene rings is 2. The molecule has 0 unspecified atom stereocenters. The van der Waals surface area contributed by atoms with Crippen LogP contribution in [-0.4, -0.2) is 30.6 Å². The lowest BCUT2D eigenvalue weighted by molar-refractivity contribution is 0.0948. The van der Waals surface area contributed by atoms with Gasteiger partial charge in [-0.25, -0.2) is 0 Å². The van der Waals surface area contributed by atoms with Gasteiger partial charge in [0.15, 0.2) is 0 Å². The van der Waals surface area contributed by atoms with E-state index in [4.69, 9.17) is 0 Å². The number of piperidine rings is 1. The number of hydrogen-bond acceptors (Lipinski definition) is 4. The smallest absolute Gasteiger partial charge is 0.261 e. The summed E-state index contributed by atoms with van der Waals surface area (Å²) >= 11 is 1.53. The molecule has 134 valence electrons. The molecule has 1 aromatic heterocycles. The minimum Gasteiger partial charge on any atom is -0.508 e. The van der Waals surface area contributed by atoms with Crippen LogP contribution >= 0.6 is 11.3 Å². The maximum atomic E-state index is 12.5. The van der Waals surface area contributed by atoms with E-state index in [0.29, 0.717) is 5.92 Å². The molecule has 0 spiro atoms. The van der Waals surface area contributed by atoms with E-state index < -0.39 is 0 Å². The first-order valence-corrected chi connectivity index (χ1v) is 9.82. The predicted molar refractivity (Wildman–Crippen MR) is 107 cm³/mol. The minimum atomic E-state index is 0.0240. The number of amides is 1. The van der Waals surface area contributed by atoms with Crippen molar-refractivity contribution in [3.63, 3.8) is 0 Å². The van der Waals surface area contributed by atoms with E-state index in [2.05, 4.69) is 28.8 Å². The van der Waals surface area contributed by atoms with Crippen LogP contribution in [0.5, 0.6) is 5.75 Å². The van der Waals surface area contributed by atoms with Gasteiger partial charge in [-0.1, -0.05) is 24.3 Å². The normalized spacial score (nSPS) is 15.2. The molecule has 4 nitrogen and oxygen atoms in total. The fourth-order valence-corrected chi connectivity index (χ4v) is 4.40. The molecule has 2 heterocycles. The molecule has 1 fully saturated rings. The fraction of sp³-hybridized carbons (Fsp3) is 0.286. The van der Waals surface area contributed by atoms with E-state index in [1.165, 1.54) is 11.3 Å². The first-order chi connectivity index (χ1) is 12.7. The largest absolute Gasteiger partial charge is 0.508 e. The van der Waals surface area contributed by atoms with Crippen molar-refractivity contribution < 1.29 is 9.90 Å². The third-order valence-electron chi connectivity index (χ3n) is 4.95. The van der Waals surface area contributed by atoms with Crippen molar-refractivity contribution in [1.82, 2.24) is 10.6 Å². The number of carbonyl (C=O) groups excluding carboxylic acids is 1. The Balaban J connectivity index is 1.49. The van der Waals surface area contributed by atoms with E-state index in [0.717, 1.165) is 58.6 Å². The number of carbonyl (C=O) groups is 1. The minimum absolute atomic E-state index is 0.0240. The molecule has 1 amide bonds. The molecule has 26 heavy (non-hydrogen) atoms. The van der Waals surface area contributed by atoms with Crippen molar-refractivity contribution in [3.8, 4) is 16.9 Å². The number of phenols is 1. The number of rotatable bonds is 4. The maximum Gasteiger partial charge on any atom is 0.261 e. The van der Waals surface area contributed by atoms with Crippen LogP contribution in [-0.2, 0) is 0 Å². The first kappa shape index (κ1) is 17.1. The van der Waals surface area contributed by atoms with Gasteiger partial charge in [-0.3, -0.25) is 4.79 Å². The molecule has 1 aliphatic heterocycles. The van der Waals surface area contributed by atoms with Gasteiger partial charge in [-0.2, -0.15) is 0 Å². The first-order valence-electron chi connectivity index (χ1n) is 9.01. The molecule has 0 atom stereocenters. The molecular weight excluding hydrogens is 344 g/mol. The van der Waals surface area contributed by atoms with E-state index in [9.17, 15) is 9.90 Å². The topological polar surface area (TPSA) is 61.4 Å². The fourth-order valence-electron chi connectivity index (χ4n) is 3.39. The highest BCUT2D eigenvalue weighted by Crippen LogP contribution is 2.31. The molecule has 4 rings (SSSR count). The molecule has 3 N–H and O–H groups in total. The van der Waals surface area contributed by atoms with Gasteiger partial charge in [0.2, 0.25) is 0 Å². The molecule has 5 heteroatoms. The van der Waals surface area contributed by atoms with Gasteiger partial charge in [0.05, 0.1) is 4.88 Å². The molecule has 1 aliphatic rings. The van der Waals surface area contributed by atoms with Crippen LogP contribution in [0.3, 0.4) is 0 Å². The lowest BCUT2D eigenvalue weighted by atomic mass is 9.98. The summed E-state index contributed by atoms with van der Waals surface area (Å²) in [6.45, 7) is 2.85. The van der Waals surface area contributed by atoms with Gasteiger partial charge < -0.3 is 15.7 Å². The van der Waals surface area contributed by atoms with Crippen molar-refractivity contribution in [3.05, 3.63) is 53.4 Å². The van der Waals surface area contributed by atoms with E-state index in [-0.39, 0.29) is 11.7 Å². The second kappa shape index (κ2) is 7.48. The highest BCUT2D eigenvalue weighted by atomic mass is 32.1. The van der Waals surface area contributed by atoms with Gasteiger partial charge in [0.1, 0.15) is 5.75 Å².